The van der Waals surface area contributed by atoms with E-state index < -0.39 is 0 Å². The van der Waals surface area contributed by atoms with Crippen LogP contribution in [0.1, 0.15) is 43.4 Å². The SMILES string of the molecule is CC(C)c1ccccc1-c1ccc(-c2[c-]cccc2)nc1.CCc1ccccc1-c1ccc(-c2[c-]cccc2)nc1.Cc1cc(F)ccc1-c1ccc(-c2[c-]cccc2)nc1.[Ir].[Ir].[Ir].[Ir].[c-]1ccccc1-c1cc(-c2ccccc2)ccn1.[c-]1ccccc1-c1ccccn1.[c-]1ccccc1-c1ccccn1.[c-]1ccccc1-c1ccccn1.[c-]1ccccc1-c1ccccn1. The molecule has 0 atom stereocenters. The fourth-order valence-electron chi connectivity index (χ4n) is 13.4. The summed E-state index contributed by atoms with van der Waals surface area (Å²) in [6, 6.07) is 160. The predicted octanol–water partition coefficient (Wildman–Crippen LogP) is 29.2. The molecule has 0 aliphatic carbocycles. The monoisotopic (exact) mass is 2410 g/mol. The first-order chi connectivity index (χ1) is 62.7. The number of nitrogens with zero attached hydrogens (tertiary/aromatic N) is 8. The van der Waals surface area contributed by atoms with Gasteiger partial charge in [-0.15, -0.1) is 287 Å². The molecule has 0 saturated heterocycles. The number of aryl methyl sites for hydroxylation is 2. The fourth-order valence-corrected chi connectivity index (χ4v) is 13.4. The van der Waals surface area contributed by atoms with Crippen molar-refractivity contribution in [3.05, 3.63) is 533 Å². The molecule has 13 heteroatoms. The first-order valence-corrected chi connectivity index (χ1v) is 41.9. The van der Waals surface area contributed by atoms with Gasteiger partial charge >= 0.3 is 0 Å². The maximum absolute atomic E-state index is 13.1. The average molecular weight is 2410 g/mol. The van der Waals surface area contributed by atoms with Crippen molar-refractivity contribution in [2.45, 2.75) is 40.0 Å². The van der Waals surface area contributed by atoms with E-state index in [1.54, 1.807) is 30.9 Å². The van der Waals surface area contributed by atoms with Crippen LogP contribution in [0.25, 0.3) is 135 Å². The third kappa shape index (κ3) is 31.6. The molecule has 0 saturated carbocycles. The number of hydrogen-bond donors (Lipinski definition) is 0. The van der Waals surface area contributed by atoms with Crippen molar-refractivity contribution in [3.8, 4) is 135 Å². The van der Waals surface area contributed by atoms with Crippen LogP contribution >= 0.6 is 0 Å². The van der Waals surface area contributed by atoms with Crippen molar-refractivity contribution in [3.63, 3.8) is 0 Å². The Labute approximate surface area is 825 Å². The van der Waals surface area contributed by atoms with E-state index in [-0.39, 0.29) is 86.2 Å². The molecule has 20 rings (SSSR count). The summed E-state index contributed by atoms with van der Waals surface area (Å²) in [6.07, 6.45) is 15.8. The molecule has 0 aliphatic heterocycles. The maximum Gasteiger partial charge on any atom is 0.123 e. The number of hydrogen-bond acceptors (Lipinski definition) is 8. The molecule has 12 aromatic carbocycles. The van der Waals surface area contributed by atoms with Crippen LogP contribution in [0, 0.1) is 61.3 Å². The average Bonchev–Trinajstić information content (AvgIpc) is 0.829. The number of rotatable bonds is 14. The van der Waals surface area contributed by atoms with Crippen LogP contribution in [0.5, 0.6) is 0 Å². The standard InChI is InChI=1S/C20H18N.C19H16N.C18H13FN.C17H12N.4C11H8N.4Ir/c1-15(2)18-10-6-7-11-19(18)17-12-13-20(21-14-17)16-8-4-3-5-9-16;1-2-15-8-6-7-11-18(15)17-12-13-19(20-14-17)16-9-4-3-5-10-16;1-13-11-16(19)8-9-17(13)15-7-10-18(20-12-15)14-5-3-2-4-6-14;1-3-7-14(8-4-1)16-11-12-18-17(13-16)15-9-5-2-6-10-15;4*1-2-6-10(7-3-1)11-8-4-5-9-12-11;;;;/h3-8,10-15H,1-2H3;3-9,11-14H,2H2,1H3;2-5,7-12H,1H3;1-9,11-13H;4*1-6,8-9H;;;;/q8*-1;;;;. The van der Waals surface area contributed by atoms with Gasteiger partial charge in [0.1, 0.15) is 5.82 Å². The van der Waals surface area contributed by atoms with Crippen molar-refractivity contribution in [1.82, 2.24) is 39.9 Å². The zero-order valence-corrected chi connectivity index (χ0v) is 82.0. The molecule has 0 spiro atoms. The predicted molar refractivity (Wildman–Crippen MR) is 518 cm³/mol. The summed E-state index contributed by atoms with van der Waals surface area (Å²) in [6.45, 7) is 8.52. The van der Waals surface area contributed by atoms with E-state index in [2.05, 4.69) is 200 Å². The number of aromatic nitrogens is 8. The van der Waals surface area contributed by atoms with Gasteiger partial charge < -0.3 is 39.9 Å². The Bertz CT molecular complexity index is 6010. The van der Waals surface area contributed by atoms with Gasteiger partial charge in [0, 0.05) is 130 Å². The first kappa shape index (κ1) is 101. The van der Waals surface area contributed by atoms with E-state index in [4.69, 9.17) is 0 Å². The Morgan fingerprint density at radius 1 is 0.237 bits per heavy atom. The normalized spacial score (nSPS) is 9.88. The van der Waals surface area contributed by atoms with Gasteiger partial charge in [0.25, 0.3) is 0 Å². The van der Waals surface area contributed by atoms with Gasteiger partial charge in [-0.1, -0.05) is 197 Å². The molecule has 0 unspecified atom stereocenters. The Hall–Kier alpha value is -13.6. The second-order valence-corrected chi connectivity index (χ2v) is 28.9. The first-order valence-electron chi connectivity index (χ1n) is 41.9. The molecule has 131 heavy (non-hydrogen) atoms. The van der Waals surface area contributed by atoms with Gasteiger partial charge in [0.2, 0.25) is 0 Å². The molecule has 0 aliphatic rings. The molecule has 8 aromatic heterocycles. The number of benzene rings is 12. The van der Waals surface area contributed by atoms with Crippen molar-refractivity contribution in [1.29, 1.82) is 0 Å². The second-order valence-electron chi connectivity index (χ2n) is 28.9. The van der Waals surface area contributed by atoms with Gasteiger partial charge in [0.05, 0.1) is 0 Å². The van der Waals surface area contributed by atoms with Crippen LogP contribution in [0.2, 0.25) is 0 Å². The molecule has 4 radical (unpaired) electrons. The summed E-state index contributed by atoms with van der Waals surface area (Å²) in [5.41, 5.74) is 28.7. The molecule has 0 bridgehead atoms. The van der Waals surface area contributed by atoms with Crippen molar-refractivity contribution < 1.29 is 84.8 Å². The summed E-state index contributed by atoms with van der Waals surface area (Å²) >= 11 is 0. The van der Waals surface area contributed by atoms with Crippen LogP contribution in [-0.4, -0.2) is 39.9 Å². The van der Waals surface area contributed by atoms with Crippen molar-refractivity contribution in [2.24, 2.45) is 0 Å². The molecule has 0 amide bonds. The molecule has 8 nitrogen and oxygen atoms in total. The minimum Gasteiger partial charge on any atom is -0.305 e. The molecule has 20 aromatic rings. The Kier molecular flexibility index (Phi) is 43.2. The van der Waals surface area contributed by atoms with Gasteiger partial charge in [-0.05, 0) is 168 Å². The van der Waals surface area contributed by atoms with E-state index in [0.29, 0.717) is 5.92 Å². The summed E-state index contributed by atoms with van der Waals surface area (Å²) < 4.78 is 13.1. The Morgan fingerprint density at radius 2 is 0.534 bits per heavy atom. The van der Waals surface area contributed by atoms with Gasteiger partial charge in [-0.25, -0.2) is 4.39 Å². The quantitative estimate of drug-likeness (QED) is 0.0992. The molecule has 8 heterocycles. The summed E-state index contributed by atoms with van der Waals surface area (Å²) in [7, 11) is 0. The summed E-state index contributed by atoms with van der Waals surface area (Å²) in [4.78, 5) is 34.9. The van der Waals surface area contributed by atoms with Gasteiger partial charge in [-0.3, -0.25) is 0 Å². The smallest absolute Gasteiger partial charge is 0.123 e. The fraction of sp³-hybridized carbons (Fsp3) is 0.0508. The van der Waals surface area contributed by atoms with Crippen LogP contribution in [-0.2, 0) is 86.8 Å². The van der Waals surface area contributed by atoms with E-state index in [9.17, 15) is 4.39 Å². The molecular formula is C118H91FIr4N8-8. The largest absolute Gasteiger partial charge is 0.305 e. The second kappa shape index (κ2) is 56.0. The molecule has 0 N–H and O–H groups in total. The number of halogens is 1. The molecular weight excluding hydrogens is 2320 g/mol. The third-order valence-electron chi connectivity index (χ3n) is 19.8. The topological polar surface area (TPSA) is 103 Å². The summed E-state index contributed by atoms with van der Waals surface area (Å²) in [5, 5.41) is 0. The molecule has 0 fully saturated rings. The Morgan fingerprint density at radius 3 is 0.847 bits per heavy atom. The minimum atomic E-state index is -0.213. The number of pyridine rings is 8. The summed E-state index contributed by atoms with van der Waals surface area (Å²) in [5.74, 6) is 0.290. The van der Waals surface area contributed by atoms with E-state index in [0.717, 1.165) is 113 Å². The van der Waals surface area contributed by atoms with Crippen LogP contribution in [0.15, 0.2) is 462 Å². The van der Waals surface area contributed by atoms with Gasteiger partial charge in [0.15, 0.2) is 0 Å². The van der Waals surface area contributed by atoms with E-state index in [1.165, 1.54) is 56.6 Å². The maximum atomic E-state index is 13.1. The van der Waals surface area contributed by atoms with E-state index >= 15 is 0 Å². The third-order valence-corrected chi connectivity index (χ3v) is 19.8. The zero-order chi connectivity index (χ0) is 87.5. The van der Waals surface area contributed by atoms with Crippen LogP contribution < -0.4 is 0 Å². The Balaban J connectivity index is 0.000000170. The van der Waals surface area contributed by atoms with Crippen molar-refractivity contribution in [2.75, 3.05) is 0 Å². The van der Waals surface area contributed by atoms with Crippen LogP contribution in [0.3, 0.4) is 0 Å². The van der Waals surface area contributed by atoms with E-state index in [1.807, 2.05) is 335 Å². The van der Waals surface area contributed by atoms with Crippen molar-refractivity contribution >= 4 is 0 Å². The van der Waals surface area contributed by atoms with Crippen LogP contribution in [0.4, 0.5) is 4.39 Å². The van der Waals surface area contributed by atoms with Gasteiger partial charge in [-0.2, -0.15) is 0 Å². The molecule has 654 valence electrons. The minimum absolute atomic E-state index is 0. The zero-order valence-electron chi connectivity index (χ0n) is 72.5.